The van der Waals surface area contributed by atoms with E-state index in [4.69, 9.17) is 0 Å². The first-order chi connectivity index (χ1) is 11.7. The summed E-state index contributed by atoms with van der Waals surface area (Å²) in [5.41, 5.74) is 2.23. The van der Waals surface area contributed by atoms with Gasteiger partial charge in [0.1, 0.15) is 0 Å². The second kappa shape index (κ2) is 6.71. The van der Waals surface area contributed by atoms with Crippen molar-refractivity contribution in [2.45, 2.75) is 25.7 Å². The number of fused-ring (bicyclic) bond motifs is 1. The van der Waals surface area contributed by atoms with Crippen LogP contribution in [0.5, 0.6) is 0 Å². The van der Waals surface area contributed by atoms with Gasteiger partial charge in [-0.15, -0.1) is 0 Å². The van der Waals surface area contributed by atoms with Crippen molar-refractivity contribution in [3.8, 4) is 0 Å². The van der Waals surface area contributed by atoms with Crippen LogP contribution in [0.25, 0.3) is 10.9 Å². The third-order valence-electron chi connectivity index (χ3n) is 5.32. The number of piperazine rings is 1. The van der Waals surface area contributed by atoms with E-state index in [2.05, 4.69) is 55.0 Å². The number of hydrogen-bond donors (Lipinski definition) is 0. The topological polar surface area (TPSA) is 36.4 Å². The summed E-state index contributed by atoms with van der Waals surface area (Å²) in [6, 6.07) is 8.33. The zero-order chi connectivity index (χ0) is 16.5. The number of rotatable bonds is 2. The number of aromatic nitrogens is 1. The molecule has 0 unspecified atom stereocenters. The minimum atomic E-state index is 0.288. The highest BCUT2D eigenvalue weighted by Crippen LogP contribution is 2.30. The van der Waals surface area contributed by atoms with Gasteiger partial charge < -0.3 is 9.80 Å². The van der Waals surface area contributed by atoms with E-state index in [0.29, 0.717) is 5.91 Å². The highest BCUT2D eigenvalue weighted by atomic mass is 79.9. The van der Waals surface area contributed by atoms with Crippen molar-refractivity contribution in [1.82, 2.24) is 9.88 Å². The molecule has 1 amide bonds. The molecule has 5 heteroatoms. The Kier molecular flexibility index (Phi) is 4.44. The summed E-state index contributed by atoms with van der Waals surface area (Å²) in [5, 5.41) is 1.18. The lowest BCUT2D eigenvalue weighted by Gasteiger charge is -2.37. The molecule has 2 fully saturated rings. The molecule has 0 bridgehead atoms. The zero-order valence-electron chi connectivity index (χ0n) is 13.7. The molecule has 0 atom stereocenters. The Labute approximate surface area is 151 Å². The average molecular weight is 388 g/mol. The molecule has 4 nitrogen and oxygen atoms in total. The van der Waals surface area contributed by atoms with E-state index in [-0.39, 0.29) is 5.92 Å². The van der Waals surface area contributed by atoms with Gasteiger partial charge in [-0.25, -0.2) is 0 Å². The number of halogens is 1. The number of nitrogens with zero attached hydrogens (tertiary/aromatic N) is 3. The number of anilines is 1. The molecule has 0 radical (unpaired) electrons. The van der Waals surface area contributed by atoms with Crippen LogP contribution in [0.15, 0.2) is 34.9 Å². The zero-order valence-corrected chi connectivity index (χ0v) is 15.3. The number of benzene rings is 1. The predicted octanol–water partition coefficient (Wildman–Crippen LogP) is 3.84. The van der Waals surface area contributed by atoms with Crippen molar-refractivity contribution in [1.29, 1.82) is 0 Å². The molecule has 4 rings (SSSR count). The molecule has 24 heavy (non-hydrogen) atoms. The molecule has 2 heterocycles. The highest BCUT2D eigenvalue weighted by molar-refractivity contribution is 9.10. The van der Waals surface area contributed by atoms with E-state index in [1.54, 1.807) is 0 Å². The van der Waals surface area contributed by atoms with Crippen LogP contribution in [0.1, 0.15) is 25.7 Å². The van der Waals surface area contributed by atoms with Crippen molar-refractivity contribution >= 4 is 38.4 Å². The Hall–Kier alpha value is -1.62. The summed E-state index contributed by atoms with van der Waals surface area (Å²) < 4.78 is 1.05. The minimum Gasteiger partial charge on any atom is -0.367 e. The summed E-state index contributed by atoms with van der Waals surface area (Å²) in [5.74, 6) is 0.673. The Morgan fingerprint density at radius 3 is 2.58 bits per heavy atom. The predicted molar refractivity (Wildman–Crippen MR) is 100 cm³/mol. The van der Waals surface area contributed by atoms with Crippen molar-refractivity contribution in [3.63, 3.8) is 0 Å². The third kappa shape index (κ3) is 3.02. The molecule has 1 aliphatic heterocycles. The van der Waals surface area contributed by atoms with Crippen molar-refractivity contribution < 1.29 is 4.79 Å². The van der Waals surface area contributed by atoms with Crippen molar-refractivity contribution in [2.75, 3.05) is 31.1 Å². The molecule has 1 saturated heterocycles. The smallest absolute Gasteiger partial charge is 0.225 e. The van der Waals surface area contributed by atoms with Gasteiger partial charge in [0.05, 0.1) is 5.52 Å². The Morgan fingerprint density at radius 2 is 1.83 bits per heavy atom. The van der Waals surface area contributed by atoms with Crippen LogP contribution in [0.2, 0.25) is 0 Å². The number of carbonyl (C=O) groups is 1. The third-order valence-corrected chi connectivity index (χ3v) is 5.81. The summed E-state index contributed by atoms with van der Waals surface area (Å²) in [6.07, 6.45) is 6.48. The van der Waals surface area contributed by atoms with Crippen molar-refractivity contribution in [2.24, 2.45) is 5.92 Å². The van der Waals surface area contributed by atoms with Gasteiger partial charge in [-0.3, -0.25) is 9.78 Å². The van der Waals surface area contributed by atoms with Gasteiger partial charge in [0.25, 0.3) is 0 Å². The van der Waals surface area contributed by atoms with Crippen LogP contribution < -0.4 is 4.90 Å². The van der Waals surface area contributed by atoms with Gasteiger partial charge >= 0.3 is 0 Å². The Morgan fingerprint density at radius 1 is 1.08 bits per heavy atom. The summed E-state index contributed by atoms with van der Waals surface area (Å²) in [4.78, 5) is 21.5. The average Bonchev–Trinajstić information content (AvgIpc) is 3.15. The molecule has 2 aliphatic rings. The number of hydrogen-bond acceptors (Lipinski definition) is 3. The maximum Gasteiger partial charge on any atom is 0.225 e. The first-order valence-electron chi connectivity index (χ1n) is 8.80. The SMILES string of the molecule is O=C(C1CCCC1)N1CCN(c2ccnc3cc(Br)ccc23)CC1. The van der Waals surface area contributed by atoms with Gasteiger partial charge in [-0.2, -0.15) is 0 Å². The standard InChI is InChI=1S/C19H22BrN3O/c20-15-5-6-16-17(13-15)21-8-7-18(16)22-9-11-23(12-10-22)19(24)14-3-1-2-4-14/h5-8,13-14H,1-4,9-12H2. The second-order valence-electron chi connectivity index (χ2n) is 6.79. The molecule has 2 aromatic rings. The van der Waals surface area contributed by atoms with E-state index in [1.807, 2.05) is 6.20 Å². The van der Waals surface area contributed by atoms with Crippen LogP contribution in [0, 0.1) is 5.92 Å². The fraction of sp³-hybridized carbons (Fsp3) is 0.474. The molecular formula is C19H22BrN3O. The second-order valence-corrected chi connectivity index (χ2v) is 7.70. The van der Waals surface area contributed by atoms with E-state index in [1.165, 1.54) is 23.9 Å². The van der Waals surface area contributed by atoms with Crippen LogP contribution in [-0.4, -0.2) is 42.0 Å². The molecule has 1 aliphatic carbocycles. The lowest BCUT2D eigenvalue weighted by Crippen LogP contribution is -2.50. The lowest BCUT2D eigenvalue weighted by molar-refractivity contribution is -0.135. The van der Waals surface area contributed by atoms with E-state index in [9.17, 15) is 4.79 Å². The molecule has 0 spiro atoms. The summed E-state index contributed by atoms with van der Waals surface area (Å²) in [6.45, 7) is 3.45. The van der Waals surface area contributed by atoms with Gasteiger partial charge in [-0.05, 0) is 37.1 Å². The number of amides is 1. The molecule has 126 valence electrons. The highest BCUT2D eigenvalue weighted by Gasteiger charge is 2.29. The van der Waals surface area contributed by atoms with E-state index >= 15 is 0 Å². The van der Waals surface area contributed by atoms with Crippen LogP contribution in [0.3, 0.4) is 0 Å². The van der Waals surface area contributed by atoms with Crippen LogP contribution in [-0.2, 0) is 4.79 Å². The minimum absolute atomic E-state index is 0.288. The van der Waals surface area contributed by atoms with Gasteiger partial charge in [0.15, 0.2) is 0 Å². The maximum atomic E-state index is 12.6. The van der Waals surface area contributed by atoms with Crippen LogP contribution in [0.4, 0.5) is 5.69 Å². The first kappa shape index (κ1) is 15.9. The molecular weight excluding hydrogens is 366 g/mol. The fourth-order valence-corrected chi connectivity index (χ4v) is 4.33. The van der Waals surface area contributed by atoms with Gasteiger partial charge in [0, 0.05) is 53.8 Å². The quantitative estimate of drug-likeness (QED) is 0.785. The summed E-state index contributed by atoms with van der Waals surface area (Å²) >= 11 is 3.51. The van der Waals surface area contributed by atoms with E-state index < -0.39 is 0 Å². The van der Waals surface area contributed by atoms with Gasteiger partial charge in [-0.1, -0.05) is 28.8 Å². The molecule has 1 saturated carbocycles. The fourth-order valence-electron chi connectivity index (χ4n) is 3.98. The van der Waals surface area contributed by atoms with Gasteiger partial charge in [0.2, 0.25) is 5.91 Å². The monoisotopic (exact) mass is 387 g/mol. The largest absolute Gasteiger partial charge is 0.367 e. The van der Waals surface area contributed by atoms with E-state index in [0.717, 1.165) is 49.0 Å². The van der Waals surface area contributed by atoms with Crippen molar-refractivity contribution in [3.05, 3.63) is 34.9 Å². The Balaban J connectivity index is 1.49. The lowest BCUT2D eigenvalue weighted by atomic mass is 10.1. The summed E-state index contributed by atoms with van der Waals surface area (Å²) in [7, 11) is 0. The number of carbonyl (C=O) groups excluding carboxylic acids is 1. The molecule has 1 aromatic carbocycles. The molecule has 1 aromatic heterocycles. The molecule has 0 N–H and O–H groups in total. The first-order valence-corrected chi connectivity index (χ1v) is 9.60. The van der Waals surface area contributed by atoms with Crippen LogP contribution >= 0.6 is 15.9 Å². The maximum absolute atomic E-state index is 12.6. The Bertz CT molecular complexity index is 749. The number of pyridine rings is 1. The normalized spacial score (nSPS) is 19.2.